The molecule has 238 valence electrons. The number of nitrogens with zero attached hydrogens (tertiary/aromatic N) is 2. The second-order valence-corrected chi connectivity index (χ2v) is 13.5. The maximum absolute atomic E-state index is 12.7. The molecular formula is C38H35N3O5S. The molecule has 1 aromatic heterocycles. The average Bonchev–Trinajstić information content (AvgIpc) is 3.53. The third kappa shape index (κ3) is 7.05. The molecule has 2 heterocycles. The van der Waals surface area contributed by atoms with Gasteiger partial charge < -0.3 is 19.1 Å². The van der Waals surface area contributed by atoms with Crippen LogP contribution in [0.4, 0.5) is 0 Å². The van der Waals surface area contributed by atoms with Crippen LogP contribution in [-0.2, 0) is 39.2 Å². The molecule has 47 heavy (non-hydrogen) atoms. The van der Waals surface area contributed by atoms with Crippen molar-refractivity contribution in [2.75, 3.05) is 0 Å². The lowest BCUT2D eigenvalue weighted by Crippen LogP contribution is -2.32. The van der Waals surface area contributed by atoms with Gasteiger partial charge >= 0.3 is 0 Å². The molecule has 8 nitrogen and oxygen atoms in total. The van der Waals surface area contributed by atoms with Crippen LogP contribution in [0, 0.1) is 0 Å². The number of hydrogen-bond acceptors (Lipinski definition) is 6. The number of imidazole rings is 1. The van der Waals surface area contributed by atoms with E-state index in [1.165, 1.54) is 0 Å². The number of sulfonamides is 1. The number of hydrogen-bond donors (Lipinski definition) is 2. The Labute approximate surface area is 274 Å². The molecule has 9 heteroatoms. The summed E-state index contributed by atoms with van der Waals surface area (Å²) in [5, 5.41) is 9.54. The van der Waals surface area contributed by atoms with E-state index in [1.54, 1.807) is 30.3 Å². The average molecular weight is 646 g/mol. The first-order valence-corrected chi connectivity index (χ1v) is 17.1. The molecular weight excluding hydrogens is 611 g/mol. The van der Waals surface area contributed by atoms with Gasteiger partial charge in [-0.25, -0.2) is 18.1 Å². The fourth-order valence-corrected chi connectivity index (χ4v) is 7.00. The fraction of sp³-hybridized carbons (Fsp3) is 0.184. The van der Waals surface area contributed by atoms with Gasteiger partial charge in [0.05, 0.1) is 47.6 Å². The first-order valence-electron chi connectivity index (χ1n) is 15.6. The molecule has 3 atom stereocenters. The molecule has 0 radical (unpaired) electrons. The van der Waals surface area contributed by atoms with Crippen molar-refractivity contribution < 1.29 is 23.0 Å². The molecule has 1 fully saturated rings. The molecule has 0 amide bonds. The van der Waals surface area contributed by atoms with E-state index in [0.29, 0.717) is 13.0 Å². The number of rotatable bonds is 10. The summed E-state index contributed by atoms with van der Waals surface area (Å²) in [4.78, 5) is 4.80. The molecule has 2 N–H and O–H groups in total. The normalized spacial score (nSPS) is 18.4. The standard InChI is InChI=1S/C38H35N3O5S/c42-25-27-13-15-30(16-14-27)37-22-33(24-41-26-39-35-11-4-5-12-36(35)41)45-38(46-37)31-19-17-29(18-20-31)32-8-6-7-28(21-32)23-40-47(43,44)34-9-2-1-3-10-34/h1-21,26,33,37-38,40,42H,22-25H2/t33-,37+,38+/m1/s1. The van der Waals surface area contributed by atoms with Crippen molar-refractivity contribution in [3.8, 4) is 11.1 Å². The quantitative estimate of drug-likeness (QED) is 0.168. The Kier molecular flexibility index (Phi) is 8.97. The molecule has 6 aromatic rings. The van der Waals surface area contributed by atoms with Crippen LogP contribution in [0.2, 0.25) is 0 Å². The van der Waals surface area contributed by atoms with Crippen molar-refractivity contribution in [2.45, 2.75) is 49.5 Å². The van der Waals surface area contributed by atoms with Crippen LogP contribution in [0.25, 0.3) is 22.2 Å². The molecule has 7 rings (SSSR count). The van der Waals surface area contributed by atoms with Gasteiger partial charge in [0.2, 0.25) is 10.0 Å². The highest BCUT2D eigenvalue weighted by atomic mass is 32.2. The zero-order chi connectivity index (χ0) is 32.2. The van der Waals surface area contributed by atoms with Gasteiger partial charge in [0.1, 0.15) is 0 Å². The predicted molar refractivity (Wildman–Crippen MR) is 181 cm³/mol. The summed E-state index contributed by atoms with van der Waals surface area (Å²) in [7, 11) is -3.61. The number of fused-ring (bicyclic) bond motifs is 1. The van der Waals surface area contributed by atoms with Crippen molar-refractivity contribution in [3.63, 3.8) is 0 Å². The lowest BCUT2D eigenvalue weighted by Gasteiger charge is -2.36. The van der Waals surface area contributed by atoms with E-state index in [0.717, 1.165) is 44.4 Å². The van der Waals surface area contributed by atoms with E-state index in [4.69, 9.17) is 9.47 Å². The lowest BCUT2D eigenvalue weighted by atomic mass is 9.99. The Morgan fingerprint density at radius 1 is 0.766 bits per heavy atom. The van der Waals surface area contributed by atoms with E-state index < -0.39 is 16.3 Å². The highest BCUT2D eigenvalue weighted by Crippen LogP contribution is 2.39. The minimum Gasteiger partial charge on any atom is -0.392 e. The minimum absolute atomic E-state index is 0.00752. The number of aromatic nitrogens is 2. The largest absolute Gasteiger partial charge is 0.392 e. The Bertz CT molecular complexity index is 2060. The molecule has 1 saturated heterocycles. The number of aliphatic hydroxyl groups is 1. The minimum atomic E-state index is -3.61. The SMILES string of the molecule is O=S(=O)(NCc1cccc(-c2ccc([C@H]3O[C@@H](Cn4cnc5ccccc54)C[C@@H](c4ccc(CO)cc4)O3)cc2)c1)c1ccccc1. The van der Waals surface area contributed by atoms with E-state index >= 15 is 0 Å². The number of aliphatic hydroxyl groups excluding tert-OH is 1. The summed E-state index contributed by atoms with van der Waals surface area (Å²) >= 11 is 0. The summed E-state index contributed by atoms with van der Waals surface area (Å²) in [6, 6.07) is 40.3. The molecule has 0 spiro atoms. The van der Waals surface area contributed by atoms with Crippen LogP contribution in [0.15, 0.2) is 139 Å². The number of nitrogens with one attached hydrogen (secondary N) is 1. The lowest BCUT2D eigenvalue weighted by molar-refractivity contribution is -0.252. The van der Waals surface area contributed by atoms with E-state index in [1.807, 2.05) is 97.3 Å². The molecule has 0 bridgehead atoms. The molecule has 0 unspecified atom stereocenters. The van der Waals surface area contributed by atoms with E-state index in [-0.39, 0.29) is 30.3 Å². The maximum atomic E-state index is 12.7. The second-order valence-electron chi connectivity index (χ2n) is 11.7. The number of para-hydroxylation sites is 2. The van der Waals surface area contributed by atoms with Gasteiger partial charge in [-0.15, -0.1) is 0 Å². The van der Waals surface area contributed by atoms with Gasteiger partial charge in [-0.1, -0.05) is 97.1 Å². The molecule has 0 saturated carbocycles. The van der Waals surface area contributed by atoms with Gasteiger partial charge in [-0.3, -0.25) is 0 Å². The summed E-state index contributed by atoms with van der Waals surface area (Å²) < 4.78 is 43.4. The third-order valence-electron chi connectivity index (χ3n) is 8.51. The number of ether oxygens (including phenoxy) is 2. The third-order valence-corrected chi connectivity index (χ3v) is 9.92. The van der Waals surface area contributed by atoms with Gasteiger partial charge in [0.25, 0.3) is 0 Å². The first-order chi connectivity index (χ1) is 22.9. The highest BCUT2D eigenvalue weighted by molar-refractivity contribution is 7.89. The molecule has 1 aliphatic rings. The fourth-order valence-electron chi connectivity index (χ4n) is 5.96. The van der Waals surface area contributed by atoms with Crippen LogP contribution >= 0.6 is 0 Å². The zero-order valence-corrected chi connectivity index (χ0v) is 26.5. The summed E-state index contributed by atoms with van der Waals surface area (Å²) in [6.07, 6.45) is 1.61. The summed E-state index contributed by atoms with van der Waals surface area (Å²) in [5.74, 6) is 0. The zero-order valence-electron chi connectivity index (χ0n) is 25.6. The van der Waals surface area contributed by atoms with Gasteiger partial charge in [-0.05, 0) is 58.1 Å². The highest BCUT2D eigenvalue weighted by Gasteiger charge is 2.32. The van der Waals surface area contributed by atoms with Crippen molar-refractivity contribution in [1.29, 1.82) is 0 Å². The Hall–Kier alpha value is -4.64. The van der Waals surface area contributed by atoms with E-state index in [2.05, 4.69) is 20.3 Å². The van der Waals surface area contributed by atoms with E-state index in [9.17, 15) is 13.5 Å². The van der Waals surface area contributed by atoms with Gasteiger partial charge in [0, 0.05) is 18.5 Å². The first kappa shape index (κ1) is 31.0. The topological polar surface area (TPSA) is 103 Å². The molecule has 5 aromatic carbocycles. The van der Waals surface area contributed by atoms with Gasteiger partial charge in [-0.2, -0.15) is 0 Å². The van der Waals surface area contributed by atoms with Crippen LogP contribution < -0.4 is 4.72 Å². The number of benzene rings is 5. The smallest absolute Gasteiger partial charge is 0.240 e. The second kappa shape index (κ2) is 13.6. The van der Waals surface area contributed by atoms with Crippen molar-refractivity contribution in [2.24, 2.45) is 0 Å². The van der Waals surface area contributed by atoms with Crippen LogP contribution in [0.1, 0.15) is 41.1 Å². The Morgan fingerprint density at radius 3 is 2.30 bits per heavy atom. The monoisotopic (exact) mass is 645 g/mol. The van der Waals surface area contributed by atoms with Crippen LogP contribution in [0.3, 0.4) is 0 Å². The Morgan fingerprint density at radius 2 is 1.51 bits per heavy atom. The summed E-state index contributed by atoms with van der Waals surface area (Å²) in [6.45, 7) is 0.804. The van der Waals surface area contributed by atoms with Gasteiger partial charge in [0.15, 0.2) is 6.29 Å². The van der Waals surface area contributed by atoms with Crippen molar-refractivity contribution in [3.05, 3.63) is 156 Å². The maximum Gasteiger partial charge on any atom is 0.240 e. The van der Waals surface area contributed by atoms with Crippen molar-refractivity contribution >= 4 is 21.1 Å². The predicted octanol–water partition coefficient (Wildman–Crippen LogP) is 6.92. The summed E-state index contributed by atoms with van der Waals surface area (Å²) in [5.41, 5.74) is 7.62. The Balaban J connectivity index is 1.09. The molecule has 1 aliphatic heterocycles. The molecule has 0 aliphatic carbocycles. The van der Waals surface area contributed by atoms with Crippen LogP contribution in [-0.4, -0.2) is 29.2 Å². The van der Waals surface area contributed by atoms with Crippen LogP contribution in [0.5, 0.6) is 0 Å². The van der Waals surface area contributed by atoms with Crippen molar-refractivity contribution in [1.82, 2.24) is 14.3 Å².